The first-order chi connectivity index (χ1) is 13.6. The summed E-state index contributed by atoms with van der Waals surface area (Å²) in [7, 11) is 2.52. The number of carbonyl (C=O) groups is 2. The average molecular weight is 386 g/mol. The Morgan fingerprint density at radius 1 is 1.11 bits per heavy atom. The number of hydrogen-bond donors (Lipinski definition) is 1. The van der Waals surface area contributed by atoms with Crippen LogP contribution in [0.4, 0.5) is 11.4 Å². The predicted octanol–water partition coefficient (Wildman–Crippen LogP) is 2.85. The van der Waals surface area contributed by atoms with E-state index >= 15 is 0 Å². The minimum Gasteiger partial charge on any atom is -0.467 e. The lowest BCUT2D eigenvalue weighted by Gasteiger charge is -2.33. The number of esters is 2. The van der Waals surface area contributed by atoms with Crippen molar-refractivity contribution < 1.29 is 28.2 Å². The van der Waals surface area contributed by atoms with Crippen LogP contribution in [0.15, 0.2) is 58.3 Å². The van der Waals surface area contributed by atoms with Crippen molar-refractivity contribution in [3.8, 4) is 0 Å². The molecule has 2 aromatic rings. The Morgan fingerprint density at radius 3 is 2.54 bits per heavy atom. The number of rotatable bonds is 6. The maximum absolute atomic E-state index is 12.5. The van der Waals surface area contributed by atoms with Gasteiger partial charge in [0.2, 0.25) is 0 Å². The van der Waals surface area contributed by atoms with Crippen LogP contribution in [0.5, 0.6) is 0 Å². The van der Waals surface area contributed by atoms with E-state index in [1.807, 2.05) is 43.3 Å². The number of nitrogens with zero attached hydrogens (tertiary/aromatic N) is 1. The van der Waals surface area contributed by atoms with Crippen molar-refractivity contribution in [1.82, 2.24) is 0 Å². The van der Waals surface area contributed by atoms with Crippen molar-refractivity contribution in [2.75, 3.05) is 37.8 Å². The standard InChI is InChI=1S/C20H22N2O6/c1-13(17-9-6-10-28-17)21-15-7-4-5-8-16(15)22-12-27-11-14(19(23)25-2)18(22)20(24)26-3/h4-10,13,21H,11-12H2,1-3H3. The predicted molar refractivity (Wildman–Crippen MR) is 102 cm³/mol. The number of hydrogen-bond acceptors (Lipinski definition) is 8. The third kappa shape index (κ3) is 3.86. The second-order valence-electron chi connectivity index (χ2n) is 6.11. The molecule has 28 heavy (non-hydrogen) atoms. The average Bonchev–Trinajstić information content (AvgIpc) is 3.27. The fraction of sp³-hybridized carbons (Fsp3) is 0.300. The molecule has 148 valence electrons. The lowest BCUT2D eigenvalue weighted by atomic mass is 10.1. The van der Waals surface area contributed by atoms with Crippen LogP contribution in [0.3, 0.4) is 0 Å². The molecule has 8 heteroatoms. The van der Waals surface area contributed by atoms with E-state index in [0.717, 1.165) is 11.4 Å². The monoisotopic (exact) mass is 386 g/mol. The number of para-hydroxylation sites is 2. The van der Waals surface area contributed by atoms with E-state index in [4.69, 9.17) is 18.6 Å². The number of methoxy groups -OCH3 is 2. The van der Waals surface area contributed by atoms with Gasteiger partial charge in [0.05, 0.1) is 50.1 Å². The van der Waals surface area contributed by atoms with Gasteiger partial charge in [0, 0.05) is 0 Å². The first-order valence-electron chi connectivity index (χ1n) is 8.70. The highest BCUT2D eigenvalue weighted by Crippen LogP contribution is 2.34. The third-order valence-electron chi connectivity index (χ3n) is 4.37. The molecule has 1 aliphatic rings. The molecule has 0 amide bonds. The van der Waals surface area contributed by atoms with Crippen LogP contribution in [0.2, 0.25) is 0 Å². The Bertz CT molecular complexity index is 875. The van der Waals surface area contributed by atoms with E-state index in [2.05, 4.69) is 5.32 Å². The minimum absolute atomic E-state index is 0.0357. The Hall–Kier alpha value is -3.26. The molecule has 0 aliphatic carbocycles. The summed E-state index contributed by atoms with van der Waals surface area (Å²) in [5, 5.41) is 3.36. The Labute approximate surface area is 162 Å². The number of furan rings is 1. The highest BCUT2D eigenvalue weighted by molar-refractivity contribution is 6.04. The van der Waals surface area contributed by atoms with Crippen LogP contribution in [-0.2, 0) is 23.8 Å². The summed E-state index contributed by atoms with van der Waals surface area (Å²) in [6.07, 6.45) is 1.61. The molecule has 1 aliphatic heterocycles. The zero-order valence-electron chi connectivity index (χ0n) is 15.9. The number of ether oxygens (including phenoxy) is 3. The summed E-state index contributed by atoms with van der Waals surface area (Å²) in [5.74, 6) is -0.513. The van der Waals surface area contributed by atoms with Crippen molar-refractivity contribution in [2.45, 2.75) is 13.0 Å². The van der Waals surface area contributed by atoms with E-state index in [1.165, 1.54) is 14.2 Å². The molecule has 1 aromatic heterocycles. The molecule has 8 nitrogen and oxygen atoms in total. The Kier molecular flexibility index (Phi) is 6.00. The molecule has 1 N–H and O–H groups in total. The topological polar surface area (TPSA) is 90.2 Å². The van der Waals surface area contributed by atoms with Gasteiger partial charge in [-0.1, -0.05) is 12.1 Å². The highest BCUT2D eigenvalue weighted by Gasteiger charge is 2.33. The molecular weight excluding hydrogens is 364 g/mol. The van der Waals surface area contributed by atoms with Gasteiger partial charge in [-0.15, -0.1) is 0 Å². The van der Waals surface area contributed by atoms with Crippen molar-refractivity contribution in [3.63, 3.8) is 0 Å². The van der Waals surface area contributed by atoms with Crippen molar-refractivity contribution >= 4 is 23.3 Å². The molecule has 0 bridgehead atoms. The highest BCUT2D eigenvalue weighted by atomic mass is 16.5. The first-order valence-corrected chi connectivity index (χ1v) is 8.70. The van der Waals surface area contributed by atoms with Crippen LogP contribution in [0, 0.1) is 0 Å². The number of anilines is 2. The summed E-state index contributed by atoms with van der Waals surface area (Å²) in [5.41, 5.74) is 1.60. The maximum atomic E-state index is 12.5. The van der Waals surface area contributed by atoms with Crippen LogP contribution in [0.25, 0.3) is 0 Å². The van der Waals surface area contributed by atoms with Gasteiger partial charge in [0.15, 0.2) is 0 Å². The zero-order chi connectivity index (χ0) is 20.1. The van der Waals surface area contributed by atoms with Gasteiger partial charge < -0.3 is 28.8 Å². The van der Waals surface area contributed by atoms with Crippen molar-refractivity contribution in [1.29, 1.82) is 0 Å². The van der Waals surface area contributed by atoms with Crippen LogP contribution < -0.4 is 10.2 Å². The van der Waals surface area contributed by atoms with Gasteiger partial charge in [-0.05, 0) is 31.2 Å². The largest absolute Gasteiger partial charge is 0.467 e. The summed E-state index contributed by atoms with van der Waals surface area (Å²) in [6.45, 7) is 2.00. The van der Waals surface area contributed by atoms with Gasteiger partial charge in [-0.2, -0.15) is 0 Å². The molecule has 3 rings (SSSR count). The molecule has 2 heterocycles. The van der Waals surface area contributed by atoms with Crippen molar-refractivity contribution in [3.05, 3.63) is 59.7 Å². The molecule has 0 fully saturated rings. The molecular formula is C20H22N2O6. The molecule has 1 aromatic carbocycles. The minimum atomic E-state index is -0.641. The van der Waals surface area contributed by atoms with E-state index in [9.17, 15) is 9.59 Å². The number of benzene rings is 1. The van der Waals surface area contributed by atoms with E-state index in [1.54, 1.807) is 11.2 Å². The summed E-state index contributed by atoms with van der Waals surface area (Å²) >= 11 is 0. The van der Waals surface area contributed by atoms with Crippen LogP contribution in [-0.4, -0.2) is 39.5 Å². The number of nitrogens with one attached hydrogen (secondary N) is 1. The van der Waals surface area contributed by atoms with Gasteiger partial charge in [-0.3, -0.25) is 0 Å². The second kappa shape index (κ2) is 8.62. The third-order valence-corrected chi connectivity index (χ3v) is 4.37. The van der Waals surface area contributed by atoms with Gasteiger partial charge in [0.1, 0.15) is 18.2 Å². The molecule has 1 atom stereocenters. The van der Waals surface area contributed by atoms with Gasteiger partial charge >= 0.3 is 11.9 Å². The smallest absolute Gasteiger partial charge is 0.355 e. The van der Waals surface area contributed by atoms with E-state index < -0.39 is 11.9 Å². The first kappa shape index (κ1) is 19.5. The molecule has 0 saturated carbocycles. The summed E-state index contributed by atoms with van der Waals surface area (Å²) in [4.78, 5) is 26.2. The fourth-order valence-electron chi connectivity index (χ4n) is 3.01. The lowest BCUT2D eigenvalue weighted by molar-refractivity contribution is -0.140. The number of carbonyl (C=O) groups excluding carboxylic acids is 2. The van der Waals surface area contributed by atoms with Gasteiger partial charge in [0.25, 0.3) is 0 Å². The molecule has 0 saturated heterocycles. The zero-order valence-corrected chi connectivity index (χ0v) is 15.9. The molecule has 0 radical (unpaired) electrons. The Morgan fingerprint density at radius 2 is 1.86 bits per heavy atom. The van der Waals surface area contributed by atoms with Crippen LogP contribution in [0.1, 0.15) is 18.7 Å². The Balaban J connectivity index is 2.01. The maximum Gasteiger partial charge on any atom is 0.355 e. The molecule has 1 unspecified atom stereocenters. The second-order valence-corrected chi connectivity index (χ2v) is 6.11. The normalized spacial score (nSPS) is 15.2. The lowest BCUT2D eigenvalue weighted by Crippen LogP contribution is -2.39. The van der Waals surface area contributed by atoms with E-state index in [0.29, 0.717) is 5.69 Å². The SMILES string of the molecule is COC(=O)C1=C(C(=O)OC)N(c2ccccc2NC(C)c2ccco2)COC1. The fourth-order valence-corrected chi connectivity index (χ4v) is 3.01. The summed E-state index contributed by atoms with van der Waals surface area (Å²) < 4.78 is 20.7. The molecule has 0 spiro atoms. The van der Waals surface area contributed by atoms with Gasteiger partial charge in [-0.25, -0.2) is 9.59 Å². The summed E-state index contributed by atoms with van der Waals surface area (Å²) in [6, 6.07) is 11.0. The quantitative estimate of drug-likeness (QED) is 0.758. The van der Waals surface area contributed by atoms with Crippen molar-refractivity contribution in [2.24, 2.45) is 0 Å². The van der Waals surface area contributed by atoms with E-state index in [-0.39, 0.29) is 30.6 Å². The van der Waals surface area contributed by atoms with Crippen LogP contribution >= 0.6 is 0 Å².